The third kappa shape index (κ3) is 5.02. The molecule has 1 aromatic rings. The monoisotopic (exact) mass is 338 g/mol. The number of Topliss-reactive ketones (excluding diaryl/α,β-unsaturated/α-hetero) is 1. The molecule has 2 rings (SSSR count). The normalized spacial score (nSPS) is 20.9. The van der Waals surface area contributed by atoms with Gasteiger partial charge in [0.05, 0.1) is 5.02 Å². The molecule has 1 amide bonds. The van der Waals surface area contributed by atoms with Crippen LogP contribution in [-0.4, -0.2) is 33.8 Å². The average molecular weight is 339 g/mol. The maximum absolute atomic E-state index is 12.4. The molecule has 1 aliphatic rings. The van der Waals surface area contributed by atoms with Crippen molar-refractivity contribution in [1.29, 1.82) is 0 Å². The number of ketones is 1. The van der Waals surface area contributed by atoms with Crippen LogP contribution in [0.5, 0.6) is 0 Å². The summed E-state index contributed by atoms with van der Waals surface area (Å²) in [4.78, 5) is 27.6. The zero-order valence-electron chi connectivity index (χ0n) is 13.0. The molecule has 1 aromatic heterocycles. The SMILES string of the molecule is CC(=O)C[C@@H]1CCC[C@H](C(=O)Nc2cc(B(O)O)c(Cl)cn2)C1. The summed E-state index contributed by atoms with van der Waals surface area (Å²) in [6, 6.07) is 1.35. The number of nitrogens with one attached hydrogen (secondary N) is 1. The number of pyridine rings is 1. The first-order chi connectivity index (χ1) is 10.9. The van der Waals surface area contributed by atoms with Crippen molar-refractivity contribution in [3.8, 4) is 0 Å². The number of hydrogen-bond acceptors (Lipinski definition) is 5. The molecule has 1 fully saturated rings. The Kier molecular flexibility index (Phi) is 6.15. The van der Waals surface area contributed by atoms with Gasteiger partial charge in [0.15, 0.2) is 0 Å². The molecule has 124 valence electrons. The Morgan fingerprint density at radius 2 is 2.17 bits per heavy atom. The van der Waals surface area contributed by atoms with E-state index in [-0.39, 0.29) is 39.8 Å². The lowest BCUT2D eigenvalue weighted by molar-refractivity contribution is -0.123. The maximum atomic E-state index is 12.4. The Labute approximate surface area is 140 Å². The van der Waals surface area contributed by atoms with Crippen LogP contribution in [-0.2, 0) is 9.59 Å². The van der Waals surface area contributed by atoms with E-state index in [1.54, 1.807) is 6.92 Å². The zero-order chi connectivity index (χ0) is 17.0. The van der Waals surface area contributed by atoms with Crippen molar-refractivity contribution < 1.29 is 19.6 Å². The smallest absolute Gasteiger partial charge is 0.423 e. The van der Waals surface area contributed by atoms with Gasteiger partial charge in [-0.2, -0.15) is 0 Å². The molecule has 23 heavy (non-hydrogen) atoms. The third-order valence-corrected chi connectivity index (χ3v) is 4.46. The van der Waals surface area contributed by atoms with E-state index in [1.807, 2.05) is 0 Å². The van der Waals surface area contributed by atoms with Crippen LogP contribution in [0.25, 0.3) is 0 Å². The highest BCUT2D eigenvalue weighted by atomic mass is 35.5. The van der Waals surface area contributed by atoms with Gasteiger partial charge in [0.25, 0.3) is 0 Å². The van der Waals surface area contributed by atoms with Crippen molar-refractivity contribution in [3.05, 3.63) is 17.3 Å². The molecule has 1 saturated carbocycles. The number of nitrogens with zero attached hydrogens (tertiary/aromatic N) is 1. The molecule has 1 heterocycles. The fraction of sp³-hybridized carbons (Fsp3) is 0.533. The van der Waals surface area contributed by atoms with Crippen molar-refractivity contribution in [2.24, 2.45) is 11.8 Å². The molecule has 0 unspecified atom stereocenters. The van der Waals surface area contributed by atoms with Crippen LogP contribution in [0.3, 0.4) is 0 Å². The van der Waals surface area contributed by atoms with Crippen molar-refractivity contribution in [2.45, 2.75) is 39.0 Å². The lowest BCUT2D eigenvalue weighted by atomic mass is 9.78. The van der Waals surface area contributed by atoms with E-state index in [2.05, 4.69) is 10.3 Å². The molecule has 2 atom stereocenters. The minimum atomic E-state index is -1.73. The fourth-order valence-corrected chi connectivity index (χ4v) is 3.27. The lowest BCUT2D eigenvalue weighted by Gasteiger charge is -2.27. The molecular formula is C15H20BClN2O4. The van der Waals surface area contributed by atoms with Gasteiger partial charge in [0.1, 0.15) is 11.6 Å². The first kappa shape index (κ1) is 17.9. The van der Waals surface area contributed by atoms with Gasteiger partial charge in [-0.05, 0) is 38.2 Å². The lowest BCUT2D eigenvalue weighted by Crippen LogP contribution is -2.33. The molecule has 0 radical (unpaired) electrons. The second-order valence-corrected chi connectivity index (χ2v) is 6.50. The van der Waals surface area contributed by atoms with Crippen molar-refractivity contribution in [1.82, 2.24) is 4.98 Å². The molecule has 0 aromatic carbocycles. The fourth-order valence-electron chi connectivity index (χ4n) is 3.07. The van der Waals surface area contributed by atoms with Gasteiger partial charge >= 0.3 is 7.12 Å². The Hall–Kier alpha value is -1.44. The molecule has 0 bridgehead atoms. The molecule has 0 aliphatic heterocycles. The Bertz CT molecular complexity index is 597. The predicted molar refractivity (Wildman–Crippen MR) is 88.4 cm³/mol. The molecule has 8 heteroatoms. The number of hydrogen-bond donors (Lipinski definition) is 3. The predicted octanol–water partition coefficient (Wildman–Crippen LogP) is 1.14. The van der Waals surface area contributed by atoms with Crippen LogP contribution in [0.2, 0.25) is 5.02 Å². The van der Waals surface area contributed by atoms with E-state index >= 15 is 0 Å². The summed E-state index contributed by atoms with van der Waals surface area (Å²) >= 11 is 5.82. The van der Waals surface area contributed by atoms with Crippen LogP contribution in [0.4, 0.5) is 5.82 Å². The molecule has 3 N–H and O–H groups in total. The summed E-state index contributed by atoms with van der Waals surface area (Å²) in [5.41, 5.74) is 0.0927. The summed E-state index contributed by atoms with van der Waals surface area (Å²) in [5, 5.41) is 21.3. The molecular weight excluding hydrogens is 318 g/mol. The Morgan fingerprint density at radius 1 is 1.43 bits per heavy atom. The molecule has 0 saturated heterocycles. The largest absolute Gasteiger partial charge is 0.490 e. The van der Waals surface area contributed by atoms with Gasteiger partial charge in [0.2, 0.25) is 5.91 Å². The van der Waals surface area contributed by atoms with Crippen LogP contribution in [0.15, 0.2) is 12.3 Å². The summed E-state index contributed by atoms with van der Waals surface area (Å²) in [6.07, 6.45) is 5.15. The van der Waals surface area contributed by atoms with Crippen molar-refractivity contribution in [2.75, 3.05) is 5.32 Å². The van der Waals surface area contributed by atoms with E-state index in [1.165, 1.54) is 12.3 Å². The van der Waals surface area contributed by atoms with E-state index < -0.39 is 7.12 Å². The number of rotatable bonds is 5. The Balaban J connectivity index is 2.01. The Morgan fingerprint density at radius 3 is 2.83 bits per heavy atom. The van der Waals surface area contributed by atoms with E-state index in [4.69, 9.17) is 11.6 Å². The second kappa shape index (κ2) is 7.90. The standard InChI is InChI=1S/C15H20BClN2O4/c1-9(20)5-10-3-2-4-11(6-10)15(21)19-14-7-12(16(22)23)13(17)8-18-14/h7-8,10-11,22-23H,2-6H2,1H3,(H,18,19,21)/t10-,11-/m0/s1. The maximum Gasteiger partial charge on any atom is 0.490 e. The van der Waals surface area contributed by atoms with Crippen molar-refractivity contribution in [3.63, 3.8) is 0 Å². The average Bonchev–Trinajstić information content (AvgIpc) is 2.48. The van der Waals surface area contributed by atoms with Crippen LogP contribution in [0, 0.1) is 11.8 Å². The summed E-state index contributed by atoms with van der Waals surface area (Å²) in [7, 11) is -1.73. The second-order valence-electron chi connectivity index (χ2n) is 6.09. The van der Waals surface area contributed by atoms with Gasteiger partial charge in [-0.1, -0.05) is 18.0 Å². The first-order valence-electron chi connectivity index (χ1n) is 7.68. The summed E-state index contributed by atoms with van der Waals surface area (Å²) in [5.74, 6) is 0.317. The number of carbonyl (C=O) groups is 2. The molecule has 1 aliphatic carbocycles. The van der Waals surface area contributed by atoms with Crippen LogP contribution >= 0.6 is 11.6 Å². The highest BCUT2D eigenvalue weighted by molar-refractivity contribution is 6.62. The number of halogens is 1. The highest BCUT2D eigenvalue weighted by Gasteiger charge is 2.28. The molecule has 6 nitrogen and oxygen atoms in total. The van der Waals surface area contributed by atoms with Gasteiger partial charge in [-0.3, -0.25) is 4.79 Å². The quantitative estimate of drug-likeness (QED) is 0.699. The highest BCUT2D eigenvalue weighted by Crippen LogP contribution is 2.32. The third-order valence-electron chi connectivity index (χ3n) is 4.14. The van der Waals surface area contributed by atoms with Crippen molar-refractivity contribution >= 4 is 41.7 Å². The van der Waals surface area contributed by atoms with Crippen LogP contribution in [0.1, 0.15) is 39.0 Å². The summed E-state index contributed by atoms with van der Waals surface area (Å²) < 4.78 is 0. The van der Waals surface area contributed by atoms with E-state index in [9.17, 15) is 19.6 Å². The first-order valence-corrected chi connectivity index (χ1v) is 8.06. The zero-order valence-corrected chi connectivity index (χ0v) is 13.7. The summed E-state index contributed by atoms with van der Waals surface area (Å²) in [6.45, 7) is 1.57. The molecule has 0 spiro atoms. The minimum Gasteiger partial charge on any atom is -0.423 e. The van der Waals surface area contributed by atoms with Gasteiger partial charge in [-0.15, -0.1) is 0 Å². The number of carbonyl (C=O) groups excluding carboxylic acids is 2. The van der Waals surface area contributed by atoms with Gasteiger partial charge in [0, 0.05) is 24.0 Å². The van der Waals surface area contributed by atoms with Crippen LogP contribution < -0.4 is 10.8 Å². The minimum absolute atomic E-state index is 0.0927. The van der Waals surface area contributed by atoms with E-state index in [0.717, 1.165) is 19.3 Å². The van der Waals surface area contributed by atoms with Gasteiger partial charge < -0.3 is 20.2 Å². The number of amides is 1. The topological polar surface area (TPSA) is 99.5 Å². The number of aromatic nitrogens is 1. The number of anilines is 1. The van der Waals surface area contributed by atoms with Gasteiger partial charge in [-0.25, -0.2) is 4.98 Å². The van der Waals surface area contributed by atoms with E-state index in [0.29, 0.717) is 12.8 Å².